The van der Waals surface area contributed by atoms with Gasteiger partial charge in [-0.3, -0.25) is 43.2 Å². The van der Waals surface area contributed by atoms with E-state index in [1.807, 2.05) is 41.5 Å². The van der Waals surface area contributed by atoms with Crippen molar-refractivity contribution in [2.75, 3.05) is 0 Å². The predicted molar refractivity (Wildman–Crippen MR) is 621 cm³/mol. The maximum atomic E-state index is 13.0. The van der Waals surface area contributed by atoms with Gasteiger partial charge in [-0.1, -0.05) is 462 Å². The van der Waals surface area contributed by atoms with E-state index < -0.39 is 396 Å². The van der Waals surface area contributed by atoms with Crippen LogP contribution in [-0.4, -0.2) is 52.0 Å². The molecule has 0 N–H and O–H groups in total. The zero-order chi connectivity index (χ0) is 171. The van der Waals surface area contributed by atoms with E-state index in [4.69, 9.17) is 200 Å². The van der Waals surface area contributed by atoms with Gasteiger partial charge in [0, 0.05) is 222 Å². The van der Waals surface area contributed by atoms with Crippen molar-refractivity contribution in [1.82, 2.24) is 0 Å². The Balaban J connectivity index is 0.00000121. The number of carbonyl (C=O) groups excluding carboxylic acids is 9. The molecule has 0 amide bonds. The summed E-state index contributed by atoms with van der Waals surface area (Å²) in [5.41, 5.74) is -18.9. The summed E-state index contributed by atoms with van der Waals surface area (Å²) in [6, 6.07) is 19.7. The average molecular weight is 2220 g/mol. The van der Waals surface area contributed by atoms with Crippen molar-refractivity contribution in [3.8, 4) is 0 Å². The lowest BCUT2D eigenvalue weighted by molar-refractivity contribution is 0.0891. The molecule has 0 fully saturated rings. The van der Waals surface area contributed by atoms with E-state index >= 15 is 0 Å². The van der Waals surface area contributed by atoms with E-state index in [2.05, 4.69) is 0 Å². The minimum Gasteiger partial charge on any atom is -0.294 e. The van der Waals surface area contributed by atoms with Crippen molar-refractivity contribution in [2.24, 2.45) is 102 Å². The molecule has 0 aliphatic heterocycles. The standard InChI is InChI=1S/9C14H19ClO/c9*1-10(9-14(2,3)4)13(16)11-6-5-7-12(15)8-11/h9*5-8,10H,9H2,1-4H3/t7*10-;;/m1111111../s1/i2D3,3D3,4D3,5D,6D,7D,8D,10D;5D,6D,7D,8D,10D;2D3,3D3,4D3,10D;2*2D3,3D3,10D;2*2D3,10D;2D3,3D3,4D3,5D,6D,7D,8D,10D;5D,6D,7D,8D,10D. The van der Waals surface area contributed by atoms with Crippen molar-refractivity contribution >= 4 is 156 Å². The number of benzene rings is 9. The molecule has 0 aromatic heterocycles. The molecule has 144 heavy (non-hydrogen) atoms. The zero-order valence-electron chi connectivity index (χ0n) is 154. The summed E-state index contributed by atoms with van der Waals surface area (Å²) in [6.07, 6.45) is -5.03. The van der Waals surface area contributed by atoms with Gasteiger partial charge in [-0.25, -0.2) is 0 Å². The summed E-state index contributed by atoms with van der Waals surface area (Å²) >= 11 is 52.2. The van der Waals surface area contributed by atoms with Crippen LogP contribution in [0.2, 0.25) is 45.2 Å². The number of halogens is 9. The maximum Gasteiger partial charge on any atom is 0.165 e. The lowest BCUT2D eigenvalue weighted by atomic mass is 9.82. The van der Waals surface area contributed by atoms with Gasteiger partial charge in [-0.15, -0.1) is 0 Å². The Morgan fingerprint density at radius 3 is 0.493 bits per heavy atom. The highest BCUT2D eigenvalue weighted by Crippen LogP contribution is 2.37. The number of hydrogen-bond donors (Lipinski definition) is 0. The van der Waals surface area contributed by atoms with Crippen LogP contribution in [-0.2, 0) is 0 Å². The first kappa shape index (κ1) is 58.9. The van der Waals surface area contributed by atoms with Gasteiger partial charge in [-0.05, 0) is 216 Å². The van der Waals surface area contributed by atoms with Crippen molar-refractivity contribution < 1.29 is 139 Å². The first-order valence-electron chi connectivity index (χ1n) is 78.8. The summed E-state index contributed by atoms with van der Waals surface area (Å²) in [4.78, 5) is 114. The Kier molecular flexibility index (Phi) is 25.2. The van der Waals surface area contributed by atoms with Gasteiger partial charge in [-0.2, -0.15) is 0 Å². The predicted octanol–water partition coefficient (Wildman–Crippen LogP) is 41.4. The second-order valence-corrected chi connectivity index (χ2v) is 41.8. The van der Waals surface area contributed by atoms with Crippen LogP contribution in [0.25, 0.3) is 0 Å². The summed E-state index contributed by atoms with van der Waals surface area (Å²) < 4.78 is 540. The molecule has 0 aliphatic carbocycles. The third-order valence-corrected chi connectivity index (χ3v) is 20.0. The van der Waals surface area contributed by atoms with E-state index in [9.17, 15) is 43.2 Å². The van der Waals surface area contributed by atoms with Crippen LogP contribution in [0.5, 0.6) is 0 Å². The number of rotatable bonds is 27. The normalized spacial score (nSPS) is 23.9. The van der Waals surface area contributed by atoms with Gasteiger partial charge < -0.3 is 0 Å². The van der Waals surface area contributed by atoms with Gasteiger partial charge >= 0.3 is 0 Å². The fraction of sp³-hybridized carbons (Fsp3) is 0.500. The summed E-state index contributed by atoms with van der Waals surface area (Å²) in [7, 11) is 0. The molecule has 0 saturated heterocycles. The first-order valence-corrected chi connectivity index (χ1v) is 47.2. The highest BCUT2D eigenvalue weighted by atomic mass is 35.5. The molecule has 9 aromatic carbocycles. The van der Waals surface area contributed by atoms with Gasteiger partial charge in [0.25, 0.3) is 0 Å². The van der Waals surface area contributed by atoms with Crippen molar-refractivity contribution in [3.63, 3.8) is 0 Å². The quantitative estimate of drug-likeness (QED) is 0.0458. The van der Waals surface area contributed by atoms with Crippen LogP contribution in [0.15, 0.2) is 218 Å². The van der Waals surface area contributed by atoms with Gasteiger partial charge in [0.15, 0.2) is 52.0 Å². The molecule has 0 bridgehead atoms. The molecule has 0 saturated carbocycles. The van der Waals surface area contributed by atoms with Crippen molar-refractivity contribution in [2.45, 2.75) is 306 Å². The Morgan fingerprint density at radius 1 is 0.208 bits per heavy atom. The van der Waals surface area contributed by atoms with Gasteiger partial charge in [0.05, 0.1) is 21.9 Å². The molecule has 0 radical (unpaired) electrons. The summed E-state index contributed by atoms with van der Waals surface area (Å²) in [5.74, 6) is -25.1. The number of ketones is 9. The summed E-state index contributed by atoms with van der Waals surface area (Å²) in [6.45, 7) is -17.5. The third kappa shape index (κ3) is 60.3. The first-order chi connectivity index (χ1) is 94.0. The Bertz CT molecular complexity index is 8230. The zero-order valence-corrected chi connectivity index (χ0v) is 90.8. The molecule has 0 aliphatic rings. The van der Waals surface area contributed by atoms with Gasteiger partial charge in [0.2, 0.25) is 0 Å². The van der Waals surface area contributed by atoms with E-state index in [0.717, 1.165) is 34.6 Å². The molecule has 9 atom stereocenters. The Hall–Kier alpha value is -7.38. The smallest absolute Gasteiger partial charge is 0.165 e. The third-order valence-electron chi connectivity index (χ3n) is 18.0. The van der Waals surface area contributed by atoms with E-state index in [1.54, 1.807) is 88.4 Å². The molecule has 0 spiro atoms. The lowest BCUT2D eigenvalue weighted by Gasteiger charge is -2.22. The van der Waals surface area contributed by atoms with Crippen LogP contribution in [0.4, 0.5) is 0 Å². The Labute approximate surface area is 1010 Å². The van der Waals surface area contributed by atoms with Crippen LogP contribution in [0.3, 0.4) is 0 Å². The summed E-state index contributed by atoms with van der Waals surface area (Å²) in [5, 5.41) is -0.337. The van der Waals surface area contributed by atoms with Crippen LogP contribution in [0.1, 0.15) is 495 Å². The van der Waals surface area contributed by atoms with Crippen molar-refractivity contribution in [3.05, 3.63) is 313 Å². The van der Waals surface area contributed by atoms with E-state index in [0.29, 0.717) is 31.2 Å². The molecular formula is C126H171Cl9O9. The topological polar surface area (TPSA) is 154 Å². The fourth-order valence-corrected chi connectivity index (χ4v) is 14.4. The van der Waals surface area contributed by atoms with Gasteiger partial charge in [0.1, 0.15) is 0 Å². The second kappa shape index (κ2) is 61.7. The number of hydrogen-bond acceptors (Lipinski definition) is 9. The minimum absolute atomic E-state index is 0.0366. The molecule has 0 heterocycles. The van der Waals surface area contributed by atoms with Crippen LogP contribution in [0, 0.1) is 102 Å². The highest BCUT2D eigenvalue weighted by Gasteiger charge is 2.31. The molecule has 9 aromatic rings. The molecule has 9 rings (SSSR count). The SMILES string of the molecule is [2H]C([2H])([2H])C(C)(C)C[C@@]([2H])(C)C(=O)c1cccc(Cl)c1.[2H]C([2H])([2H])C(C)(C)C[C@@]([2H])(C)C(=O)c1cccc(Cl)c1.[2H]C([2H])([2H])C(C)(C[C@@]([2H])(C)C(=O)c1cccc(Cl)c1)C([2H])([2H])[2H].[2H]C([2H])([2H])C(C)(C[C@@]([2H])(C)C(=O)c1cccc(Cl)c1)C([2H])([2H])[2H].[2H]C([2H])([2H])C(C[C@@]([2H])(C)C(=O)c1cccc(Cl)c1)(C([2H])([2H])[2H])C([2H])([2H])[2H].[2H]c1c([2H])c(Cl)c([2H])c(C(=O)C([2H])(C)CC(C([2H])([2H])[2H])(C([2H])([2H])[2H])C([2H])([2H])[2H])c1[2H].[2H]c1c([2H])c(Cl)c([2H])c(C(=O)C([2H])(C)CC(C)(C)C)c1[2H].[2H]c1c([2H])c(Cl)c([2H])c(C(=O)[C@]([2H])(C)CC(C([2H])([2H])[2H])(C([2H])([2H])[2H])C([2H])([2H])[2H])c1[2H].[2H]c1c([2H])c(Cl)c([2H])c(C(=O)[C@]([2H])(C)CC(C)(C)C)c1[2H]. The molecule has 792 valence electrons. The van der Waals surface area contributed by atoms with E-state index in [-0.39, 0.29) is 79.4 Å². The lowest BCUT2D eigenvalue weighted by Crippen LogP contribution is -2.18. The second-order valence-electron chi connectivity index (χ2n) is 38.2. The Morgan fingerprint density at radius 2 is 0.347 bits per heavy atom. The minimum atomic E-state index is -3.64. The molecule has 9 nitrogen and oxygen atoms in total. The van der Waals surface area contributed by atoms with Crippen LogP contribution < -0.4 is 0 Å². The number of carbonyl (C=O) groups is 9. The average Bonchev–Trinajstić information content (AvgIpc) is 0.728. The monoisotopic (exact) mass is 2210 g/mol. The fourth-order valence-electron chi connectivity index (χ4n) is 12.9. The largest absolute Gasteiger partial charge is 0.294 e. The maximum absolute atomic E-state index is 13.0. The van der Waals surface area contributed by atoms with E-state index in [1.165, 1.54) is 102 Å². The number of Topliss-reactive ketones (excluding diaryl/α,β-unsaturated/α-hetero) is 9. The molecular weight excluding hydrogens is 1980 g/mol. The van der Waals surface area contributed by atoms with Crippen molar-refractivity contribution in [1.29, 1.82) is 0 Å². The molecule has 2 unspecified atom stereocenters. The van der Waals surface area contributed by atoms with Crippen LogP contribution >= 0.6 is 104 Å². The molecule has 18 heteroatoms. The highest BCUT2D eigenvalue weighted by molar-refractivity contribution is 6.34.